The molecule has 0 atom stereocenters. The molecule has 0 aromatic carbocycles. The van der Waals surface area contributed by atoms with Crippen molar-refractivity contribution in [1.82, 2.24) is 0 Å². The molecular weight excluding hydrogens is 164 g/mol. The third kappa shape index (κ3) is 7.57. The van der Waals surface area contributed by atoms with E-state index in [4.69, 9.17) is 4.74 Å². The molecule has 0 heterocycles. The molecule has 0 bridgehead atoms. The number of unbranched alkanes of at least 4 members (excludes halogenated alkanes) is 2. The van der Waals surface area contributed by atoms with Crippen LogP contribution in [0.2, 0.25) is 0 Å². The van der Waals surface area contributed by atoms with E-state index in [1.165, 1.54) is 31.8 Å². The Bertz CT molecular complexity index is 171. The first-order chi connectivity index (χ1) is 6.20. The van der Waals surface area contributed by atoms with Crippen LogP contribution in [0.15, 0.2) is 11.6 Å². The quantitative estimate of drug-likeness (QED) is 0.360. The molecule has 0 aliphatic rings. The molecule has 0 N–H and O–H groups in total. The molecule has 0 saturated carbocycles. The number of rotatable bonds is 6. The van der Waals surface area contributed by atoms with Gasteiger partial charge in [0, 0.05) is 6.92 Å². The van der Waals surface area contributed by atoms with Crippen molar-refractivity contribution in [1.29, 1.82) is 0 Å². The van der Waals surface area contributed by atoms with Crippen LogP contribution >= 0.6 is 0 Å². The minimum absolute atomic E-state index is 0.199. The summed E-state index contributed by atoms with van der Waals surface area (Å²) >= 11 is 0. The van der Waals surface area contributed by atoms with Gasteiger partial charge in [0.15, 0.2) is 0 Å². The second-order valence-electron chi connectivity index (χ2n) is 3.18. The second kappa shape index (κ2) is 7.84. The van der Waals surface area contributed by atoms with Gasteiger partial charge in [-0.2, -0.15) is 0 Å². The van der Waals surface area contributed by atoms with E-state index in [0.717, 1.165) is 6.42 Å². The van der Waals surface area contributed by atoms with Gasteiger partial charge in [-0.05, 0) is 25.3 Å². The normalized spacial score (nSPS) is 11.5. The van der Waals surface area contributed by atoms with Crippen LogP contribution < -0.4 is 0 Å². The molecular formula is C11H20O2. The molecule has 0 amide bonds. The highest BCUT2D eigenvalue weighted by molar-refractivity contribution is 5.66. The number of carbonyl (C=O) groups excluding carboxylic acids is 1. The molecule has 0 radical (unpaired) electrons. The molecule has 0 aromatic heterocycles. The van der Waals surface area contributed by atoms with Crippen LogP contribution in [0.5, 0.6) is 0 Å². The van der Waals surface area contributed by atoms with E-state index in [9.17, 15) is 4.79 Å². The van der Waals surface area contributed by atoms with Gasteiger partial charge in [-0.15, -0.1) is 0 Å². The van der Waals surface area contributed by atoms with E-state index in [2.05, 4.69) is 6.92 Å². The van der Waals surface area contributed by atoms with Crippen molar-refractivity contribution in [2.24, 2.45) is 0 Å². The predicted molar refractivity (Wildman–Crippen MR) is 54.5 cm³/mol. The summed E-state index contributed by atoms with van der Waals surface area (Å²) in [4.78, 5) is 10.5. The van der Waals surface area contributed by atoms with Crippen molar-refractivity contribution in [3.8, 4) is 0 Å². The number of carbonyl (C=O) groups is 1. The Labute approximate surface area is 81.0 Å². The van der Waals surface area contributed by atoms with Crippen molar-refractivity contribution in [2.75, 3.05) is 6.61 Å². The molecule has 2 heteroatoms. The number of hydrogen-bond donors (Lipinski definition) is 0. The average molecular weight is 184 g/mol. The largest absolute Gasteiger partial charge is 0.461 e. The molecule has 0 aromatic rings. The van der Waals surface area contributed by atoms with Crippen molar-refractivity contribution >= 4 is 5.97 Å². The number of hydrogen-bond acceptors (Lipinski definition) is 2. The van der Waals surface area contributed by atoms with Gasteiger partial charge in [0.1, 0.15) is 6.61 Å². The monoisotopic (exact) mass is 184 g/mol. The summed E-state index contributed by atoms with van der Waals surface area (Å²) in [5.74, 6) is -0.199. The standard InChI is InChI=1S/C11H20O2/c1-4-6-7-8-11(5-2)9-13-10(3)12/h5H,4,6-9H2,1-3H3. The highest BCUT2D eigenvalue weighted by atomic mass is 16.5. The van der Waals surface area contributed by atoms with Crippen LogP contribution in [0.1, 0.15) is 46.5 Å². The van der Waals surface area contributed by atoms with Crippen LogP contribution in [0, 0.1) is 0 Å². The first-order valence-corrected chi connectivity index (χ1v) is 4.98. The summed E-state index contributed by atoms with van der Waals surface area (Å²) < 4.78 is 4.92. The zero-order valence-corrected chi connectivity index (χ0v) is 8.93. The molecule has 0 aliphatic carbocycles. The summed E-state index contributed by atoms with van der Waals surface area (Å²) in [6, 6.07) is 0. The van der Waals surface area contributed by atoms with Crippen LogP contribution in [0.25, 0.3) is 0 Å². The van der Waals surface area contributed by atoms with E-state index >= 15 is 0 Å². The number of esters is 1. The zero-order valence-electron chi connectivity index (χ0n) is 8.93. The van der Waals surface area contributed by atoms with Gasteiger partial charge >= 0.3 is 5.97 Å². The van der Waals surface area contributed by atoms with Crippen LogP contribution in [0.4, 0.5) is 0 Å². The fourth-order valence-corrected chi connectivity index (χ4v) is 1.10. The van der Waals surface area contributed by atoms with E-state index in [1.807, 2.05) is 13.0 Å². The molecule has 2 nitrogen and oxygen atoms in total. The Kier molecular flexibility index (Phi) is 7.36. The summed E-state index contributed by atoms with van der Waals surface area (Å²) in [6.07, 6.45) is 6.76. The summed E-state index contributed by atoms with van der Waals surface area (Å²) in [7, 11) is 0. The van der Waals surface area contributed by atoms with E-state index in [0.29, 0.717) is 6.61 Å². The summed E-state index contributed by atoms with van der Waals surface area (Å²) in [5.41, 5.74) is 1.23. The predicted octanol–water partition coefficient (Wildman–Crippen LogP) is 3.08. The maximum Gasteiger partial charge on any atom is 0.302 e. The number of allylic oxidation sites excluding steroid dienone is 1. The molecule has 0 rings (SSSR count). The highest BCUT2D eigenvalue weighted by Crippen LogP contribution is 2.09. The average Bonchev–Trinajstić information content (AvgIpc) is 2.10. The first kappa shape index (κ1) is 12.2. The fourth-order valence-electron chi connectivity index (χ4n) is 1.10. The maximum absolute atomic E-state index is 10.5. The molecule has 76 valence electrons. The Balaban J connectivity index is 3.59. The van der Waals surface area contributed by atoms with Gasteiger partial charge < -0.3 is 4.74 Å². The van der Waals surface area contributed by atoms with Crippen molar-refractivity contribution in [3.05, 3.63) is 11.6 Å². The van der Waals surface area contributed by atoms with Crippen LogP contribution in [-0.4, -0.2) is 12.6 Å². The SMILES string of the molecule is CC=C(CCCCC)COC(C)=O. The smallest absolute Gasteiger partial charge is 0.302 e. The highest BCUT2D eigenvalue weighted by Gasteiger charge is 1.98. The topological polar surface area (TPSA) is 26.3 Å². The van der Waals surface area contributed by atoms with Gasteiger partial charge in [-0.1, -0.05) is 25.8 Å². The molecule has 13 heavy (non-hydrogen) atoms. The minimum Gasteiger partial charge on any atom is -0.461 e. The van der Waals surface area contributed by atoms with Gasteiger partial charge in [-0.25, -0.2) is 0 Å². The lowest BCUT2D eigenvalue weighted by atomic mass is 10.1. The van der Waals surface area contributed by atoms with Crippen LogP contribution in [-0.2, 0) is 9.53 Å². The Morgan fingerprint density at radius 3 is 2.54 bits per heavy atom. The fraction of sp³-hybridized carbons (Fsp3) is 0.727. The molecule has 0 fully saturated rings. The van der Waals surface area contributed by atoms with E-state index in [1.54, 1.807) is 0 Å². The third-order valence-corrected chi connectivity index (χ3v) is 1.97. The van der Waals surface area contributed by atoms with Gasteiger partial charge in [0.2, 0.25) is 0 Å². The molecule has 0 spiro atoms. The van der Waals surface area contributed by atoms with Crippen molar-refractivity contribution < 1.29 is 9.53 Å². The van der Waals surface area contributed by atoms with Gasteiger partial charge in [0.05, 0.1) is 0 Å². The van der Waals surface area contributed by atoms with E-state index < -0.39 is 0 Å². The lowest BCUT2D eigenvalue weighted by Gasteiger charge is -2.06. The van der Waals surface area contributed by atoms with E-state index in [-0.39, 0.29) is 5.97 Å². The van der Waals surface area contributed by atoms with Gasteiger partial charge in [-0.3, -0.25) is 4.79 Å². The molecule has 0 unspecified atom stereocenters. The maximum atomic E-state index is 10.5. The zero-order chi connectivity index (χ0) is 10.1. The summed E-state index contributed by atoms with van der Waals surface area (Å²) in [5, 5.41) is 0. The third-order valence-electron chi connectivity index (χ3n) is 1.97. The molecule has 0 aliphatic heterocycles. The lowest BCUT2D eigenvalue weighted by molar-refractivity contribution is -0.140. The molecule has 0 saturated heterocycles. The van der Waals surface area contributed by atoms with Crippen molar-refractivity contribution in [2.45, 2.75) is 46.5 Å². The van der Waals surface area contributed by atoms with Crippen molar-refractivity contribution in [3.63, 3.8) is 0 Å². The minimum atomic E-state index is -0.199. The first-order valence-electron chi connectivity index (χ1n) is 4.98. The van der Waals surface area contributed by atoms with Crippen LogP contribution in [0.3, 0.4) is 0 Å². The lowest BCUT2D eigenvalue weighted by Crippen LogP contribution is -2.03. The number of ether oxygens (including phenoxy) is 1. The Morgan fingerprint density at radius 1 is 1.38 bits per heavy atom. The second-order valence-corrected chi connectivity index (χ2v) is 3.18. The Hall–Kier alpha value is -0.790. The summed E-state index contributed by atoms with van der Waals surface area (Å²) in [6.45, 7) is 6.08. The van der Waals surface area contributed by atoms with Gasteiger partial charge in [0.25, 0.3) is 0 Å². The Morgan fingerprint density at radius 2 is 2.08 bits per heavy atom.